The van der Waals surface area contributed by atoms with Gasteiger partial charge in [-0.15, -0.1) is 0 Å². The van der Waals surface area contributed by atoms with Crippen LogP contribution in [0.3, 0.4) is 0 Å². The monoisotopic (exact) mass is 932 g/mol. The number of carbonyl (C=O) groups is 1. The van der Waals surface area contributed by atoms with Crippen LogP contribution in [0, 0.1) is 0 Å². The van der Waals surface area contributed by atoms with E-state index in [4.69, 9.17) is 9.47 Å². The summed E-state index contributed by atoms with van der Waals surface area (Å²) in [5.41, 5.74) is 0.971. The molecule has 0 aromatic heterocycles. The lowest BCUT2D eigenvalue weighted by Crippen LogP contribution is -2.34. The van der Waals surface area contributed by atoms with Gasteiger partial charge >= 0.3 is 5.97 Å². The predicted octanol–water partition coefficient (Wildman–Crippen LogP) is 3.37. The molecule has 4 rings (SSSR count). The minimum absolute atomic E-state index is 0.0385. The molecule has 2 atom stereocenters. The van der Waals surface area contributed by atoms with Crippen LogP contribution in [-0.4, -0.2) is 127 Å². The summed E-state index contributed by atoms with van der Waals surface area (Å²) in [4.78, 5) is 12.1. The van der Waals surface area contributed by atoms with E-state index < -0.39 is 72.7 Å². The summed E-state index contributed by atoms with van der Waals surface area (Å²) in [5, 5.41) is 9.19. The second-order valence-electron chi connectivity index (χ2n) is 15.4. The number of sulfonamides is 1. The molecular formula is C39H54N3O15S4-. The summed E-state index contributed by atoms with van der Waals surface area (Å²) >= 11 is 0. The Balaban J connectivity index is 1.91. The van der Waals surface area contributed by atoms with Crippen LogP contribution in [0.2, 0.25) is 0 Å². The minimum atomic E-state index is -4.91. The van der Waals surface area contributed by atoms with Crippen LogP contribution in [0.15, 0.2) is 70.1 Å². The molecule has 61 heavy (non-hydrogen) atoms. The number of fused-ring (bicyclic) bond motifs is 2. The van der Waals surface area contributed by atoms with Gasteiger partial charge in [0.15, 0.2) is 5.71 Å². The van der Waals surface area contributed by atoms with E-state index >= 15 is 0 Å². The second kappa shape index (κ2) is 20.3. The van der Waals surface area contributed by atoms with Gasteiger partial charge in [-0.25, -0.2) is 30.0 Å². The number of aliphatic carboxylic acids is 1. The standard InChI is InChI=1S/C39H55N3O15S4/c1-38(18-9-25-58(45,46)40-20-23-56-3)31-27-29(60(50,51)52)14-16-33(31)41(21-7-5-6-13-37(43)44)35(38)11-8-12-36-39(2,19-10-26-59(47,48)49)32-28-30(61(53,54)55)15-17-34(32)42(36)22-24-57-4/h8,11-12,14-17,27-28,40H,5-7,9-10,13,18-26H2,1-4H3,(H3-,43,44,47,48,49,50,51,52,53,54,55)/p-1. The maximum absolute atomic E-state index is 12.9. The molecular weight excluding hydrogens is 879 g/mol. The molecule has 3 N–H and O–H groups in total. The first kappa shape index (κ1) is 50.1. The fourth-order valence-corrected chi connectivity index (χ4v) is 10.7. The molecule has 0 saturated carbocycles. The Morgan fingerprint density at radius 3 is 2.03 bits per heavy atom. The quantitative estimate of drug-likeness (QED) is 0.0731. The van der Waals surface area contributed by atoms with Gasteiger partial charge in [0.05, 0.1) is 39.9 Å². The number of carboxylic acids is 1. The van der Waals surface area contributed by atoms with Crippen molar-refractivity contribution in [3.63, 3.8) is 0 Å². The van der Waals surface area contributed by atoms with Crippen molar-refractivity contribution in [1.29, 1.82) is 0 Å². The molecule has 0 spiro atoms. The molecule has 0 radical (unpaired) electrons. The van der Waals surface area contributed by atoms with E-state index in [-0.39, 0.29) is 64.2 Å². The van der Waals surface area contributed by atoms with Crippen LogP contribution < -0.4 is 9.62 Å². The first-order chi connectivity index (χ1) is 28.4. The number of unbranched alkanes of at least 4 members (excludes halogenated alkanes) is 2. The summed E-state index contributed by atoms with van der Waals surface area (Å²) < 4.78 is 147. The lowest BCUT2D eigenvalue weighted by Gasteiger charge is -2.30. The van der Waals surface area contributed by atoms with E-state index in [9.17, 15) is 57.2 Å². The van der Waals surface area contributed by atoms with Crippen molar-refractivity contribution in [1.82, 2.24) is 4.72 Å². The zero-order chi connectivity index (χ0) is 45.4. The van der Waals surface area contributed by atoms with Gasteiger partial charge in [0, 0.05) is 74.7 Å². The molecule has 0 fully saturated rings. The van der Waals surface area contributed by atoms with Gasteiger partial charge in [0.2, 0.25) is 15.7 Å². The molecule has 2 unspecified atom stereocenters. The minimum Gasteiger partial charge on any atom is -0.744 e. The molecule has 0 aliphatic carbocycles. The number of allylic oxidation sites excluding steroid dienone is 4. The van der Waals surface area contributed by atoms with Crippen LogP contribution in [0.4, 0.5) is 11.4 Å². The smallest absolute Gasteiger partial charge is 0.303 e. The Labute approximate surface area is 358 Å². The van der Waals surface area contributed by atoms with Gasteiger partial charge in [-0.2, -0.15) is 13.0 Å². The Morgan fingerprint density at radius 1 is 0.820 bits per heavy atom. The van der Waals surface area contributed by atoms with Crippen molar-refractivity contribution in [3.8, 4) is 0 Å². The van der Waals surface area contributed by atoms with Crippen LogP contribution in [-0.2, 0) is 65.5 Å². The number of hydrogen-bond acceptors (Lipinski definition) is 14. The lowest BCUT2D eigenvalue weighted by molar-refractivity contribution is -0.438. The van der Waals surface area contributed by atoms with Gasteiger partial charge in [0.25, 0.3) is 10.1 Å². The molecule has 2 aliphatic heterocycles. The van der Waals surface area contributed by atoms with Gasteiger partial charge < -0.3 is 28.6 Å². The molecule has 18 nitrogen and oxygen atoms in total. The summed E-state index contributed by atoms with van der Waals surface area (Å²) in [5.74, 6) is -1.81. The maximum Gasteiger partial charge on any atom is 0.303 e. The first-order valence-electron chi connectivity index (χ1n) is 19.5. The van der Waals surface area contributed by atoms with Crippen LogP contribution in [0.1, 0.15) is 76.3 Å². The Kier molecular flexibility index (Phi) is 16.7. The summed E-state index contributed by atoms with van der Waals surface area (Å²) in [6.45, 7) is 4.59. The van der Waals surface area contributed by atoms with Crippen molar-refractivity contribution in [3.05, 3.63) is 71.5 Å². The molecule has 0 saturated heterocycles. The number of nitrogens with zero attached hydrogens (tertiary/aromatic N) is 2. The molecule has 340 valence electrons. The first-order valence-corrected chi connectivity index (χ1v) is 25.6. The number of rotatable bonds is 25. The highest BCUT2D eigenvalue weighted by Crippen LogP contribution is 2.51. The number of benzene rings is 2. The number of carboxylic acid groups (broad SMARTS) is 1. The molecule has 0 bridgehead atoms. The third-order valence-electron chi connectivity index (χ3n) is 11.1. The van der Waals surface area contributed by atoms with Crippen molar-refractivity contribution < 1.29 is 71.3 Å². The van der Waals surface area contributed by atoms with Crippen molar-refractivity contribution in [2.24, 2.45) is 0 Å². The SMILES string of the molecule is COCCNS(=O)(=O)CCCC1(C)C(/C=C/C=C2/N(CCOC)c3ccc(S(=O)(=O)[O-])cc3C2(C)CCCS(=O)(=O)O)=[N+](CCCCCC(=O)O)c2ccc(S(=O)(=O)[O-])cc21. The van der Waals surface area contributed by atoms with Crippen molar-refractivity contribution in [2.45, 2.75) is 85.8 Å². The van der Waals surface area contributed by atoms with Crippen LogP contribution >= 0.6 is 0 Å². The summed E-state index contributed by atoms with van der Waals surface area (Å²) in [6, 6.07) is 7.97. The number of anilines is 1. The lowest BCUT2D eigenvalue weighted by atomic mass is 9.75. The molecule has 2 heterocycles. The Morgan fingerprint density at radius 2 is 1.43 bits per heavy atom. The predicted molar refractivity (Wildman–Crippen MR) is 224 cm³/mol. The summed E-state index contributed by atoms with van der Waals surface area (Å²) in [7, 11) is -15.0. The third-order valence-corrected chi connectivity index (χ3v) is 15.0. The third kappa shape index (κ3) is 12.8. The topological polar surface area (TPSA) is 277 Å². The van der Waals surface area contributed by atoms with Gasteiger partial charge in [-0.3, -0.25) is 9.35 Å². The van der Waals surface area contributed by atoms with Crippen LogP contribution in [0.25, 0.3) is 0 Å². The second-order valence-corrected chi connectivity index (χ2v) is 21.7. The highest BCUT2D eigenvalue weighted by atomic mass is 32.2. The zero-order valence-electron chi connectivity index (χ0n) is 34.5. The fourth-order valence-electron chi connectivity index (χ4n) is 8.11. The van der Waals surface area contributed by atoms with Crippen LogP contribution in [0.5, 0.6) is 0 Å². The van der Waals surface area contributed by atoms with E-state index in [1.165, 1.54) is 50.6 Å². The number of methoxy groups -OCH3 is 2. The Bertz CT molecular complexity index is 2490. The van der Waals surface area contributed by atoms with E-state index in [1.807, 2.05) is 16.4 Å². The van der Waals surface area contributed by atoms with Gasteiger partial charge in [-0.05, 0) is 94.3 Å². The van der Waals surface area contributed by atoms with E-state index in [0.717, 1.165) is 0 Å². The van der Waals surface area contributed by atoms with Gasteiger partial charge in [0.1, 0.15) is 26.8 Å². The van der Waals surface area contributed by atoms with E-state index in [1.54, 1.807) is 25.2 Å². The molecule has 2 aromatic rings. The van der Waals surface area contributed by atoms with E-state index in [2.05, 4.69) is 4.72 Å². The highest BCUT2D eigenvalue weighted by Gasteiger charge is 2.48. The molecule has 0 amide bonds. The molecule has 2 aromatic carbocycles. The molecule has 2 aliphatic rings. The zero-order valence-corrected chi connectivity index (χ0v) is 37.8. The average Bonchev–Trinajstić information content (AvgIpc) is 3.52. The number of nitrogens with one attached hydrogen (secondary N) is 1. The average molecular weight is 933 g/mol. The molecule has 22 heteroatoms. The van der Waals surface area contributed by atoms with Crippen molar-refractivity contribution in [2.75, 3.05) is 63.5 Å². The van der Waals surface area contributed by atoms with Gasteiger partial charge in [-0.1, -0.05) is 6.08 Å². The Hall–Kier alpha value is -3.58. The number of hydrogen-bond donors (Lipinski definition) is 3. The normalized spacial score (nSPS) is 20.2. The number of ether oxygens (including phenoxy) is 2. The maximum atomic E-state index is 12.9. The highest BCUT2D eigenvalue weighted by molar-refractivity contribution is 7.89. The van der Waals surface area contributed by atoms with E-state index in [0.29, 0.717) is 59.7 Å². The fraction of sp³-hybridized carbons (Fsp3) is 0.538. The van der Waals surface area contributed by atoms with Crippen molar-refractivity contribution >= 4 is 63.4 Å². The largest absolute Gasteiger partial charge is 0.744 e. The summed E-state index contributed by atoms with van der Waals surface area (Å²) in [6.07, 6.45) is 6.94.